The molecule has 6 heteroatoms. The minimum absolute atomic E-state index is 0.132. The van der Waals surface area contributed by atoms with Crippen LogP contribution in [0, 0.1) is 0 Å². The Labute approximate surface area is 154 Å². The number of nitrogens with one attached hydrogen (secondary N) is 1. The van der Waals surface area contributed by atoms with Crippen LogP contribution in [-0.4, -0.2) is 36.6 Å². The number of hydrogen-bond acceptors (Lipinski definition) is 5. The third-order valence-electron chi connectivity index (χ3n) is 4.01. The monoisotopic (exact) mass is 361 g/mol. The van der Waals surface area contributed by atoms with Crippen LogP contribution >= 0.6 is 0 Å². The third kappa shape index (κ3) is 6.50. The van der Waals surface area contributed by atoms with Gasteiger partial charge in [0, 0.05) is 18.5 Å². The number of carbonyl (C=O) groups is 3. The van der Waals surface area contributed by atoms with Gasteiger partial charge in [0.15, 0.2) is 12.4 Å². The van der Waals surface area contributed by atoms with Crippen molar-refractivity contribution in [3.63, 3.8) is 0 Å². The highest BCUT2D eigenvalue weighted by atomic mass is 16.6. The zero-order valence-corrected chi connectivity index (χ0v) is 15.7. The Bertz CT molecular complexity index is 675. The lowest BCUT2D eigenvalue weighted by molar-refractivity contribution is -0.142. The lowest BCUT2D eigenvalue weighted by atomic mass is 10.0. The van der Waals surface area contributed by atoms with Gasteiger partial charge in [-0.3, -0.25) is 9.59 Å². The zero-order chi connectivity index (χ0) is 19.2. The Kier molecular flexibility index (Phi) is 6.77. The molecule has 0 spiro atoms. The van der Waals surface area contributed by atoms with Crippen molar-refractivity contribution in [3.05, 3.63) is 34.9 Å². The summed E-state index contributed by atoms with van der Waals surface area (Å²) in [6.07, 6.45) is 3.23. The number of amides is 1. The Hall–Kier alpha value is -2.37. The second kappa shape index (κ2) is 8.83. The lowest BCUT2D eigenvalue weighted by Crippen LogP contribution is -2.33. The fraction of sp³-hybridized carbons (Fsp3) is 0.550. The summed E-state index contributed by atoms with van der Waals surface area (Å²) in [7, 11) is 0. The van der Waals surface area contributed by atoms with Crippen LogP contribution in [0.5, 0.6) is 0 Å². The minimum Gasteiger partial charge on any atom is -0.457 e. The molecule has 1 N–H and O–H groups in total. The average molecular weight is 361 g/mol. The Morgan fingerprint density at radius 3 is 2.58 bits per heavy atom. The smallest absolute Gasteiger partial charge is 0.407 e. The molecule has 1 aromatic carbocycles. The first kappa shape index (κ1) is 19.9. The lowest BCUT2D eigenvalue weighted by Gasteiger charge is -2.19. The van der Waals surface area contributed by atoms with Crippen molar-refractivity contribution in [1.82, 2.24) is 5.32 Å². The van der Waals surface area contributed by atoms with Crippen LogP contribution in [0.2, 0.25) is 0 Å². The molecule has 6 nitrogen and oxygen atoms in total. The predicted molar refractivity (Wildman–Crippen MR) is 97.2 cm³/mol. The van der Waals surface area contributed by atoms with Gasteiger partial charge in [0.1, 0.15) is 5.60 Å². The van der Waals surface area contributed by atoms with Crippen molar-refractivity contribution in [2.24, 2.45) is 0 Å². The number of hydrogen-bond donors (Lipinski definition) is 1. The van der Waals surface area contributed by atoms with Crippen molar-refractivity contribution in [2.45, 2.75) is 58.5 Å². The molecule has 1 aliphatic carbocycles. The molecule has 26 heavy (non-hydrogen) atoms. The Morgan fingerprint density at radius 2 is 1.85 bits per heavy atom. The van der Waals surface area contributed by atoms with E-state index in [2.05, 4.69) is 5.32 Å². The van der Waals surface area contributed by atoms with Gasteiger partial charge in [-0.15, -0.1) is 0 Å². The van der Waals surface area contributed by atoms with Crippen LogP contribution in [0.15, 0.2) is 18.2 Å². The molecule has 0 saturated heterocycles. The van der Waals surface area contributed by atoms with Gasteiger partial charge in [0.05, 0.1) is 0 Å². The van der Waals surface area contributed by atoms with Crippen LogP contribution < -0.4 is 5.32 Å². The molecule has 1 aliphatic rings. The molecule has 0 radical (unpaired) electrons. The van der Waals surface area contributed by atoms with Gasteiger partial charge in [0.25, 0.3) is 0 Å². The third-order valence-corrected chi connectivity index (χ3v) is 4.01. The van der Waals surface area contributed by atoms with E-state index in [4.69, 9.17) is 9.47 Å². The highest BCUT2D eigenvalue weighted by Crippen LogP contribution is 2.23. The molecule has 0 bridgehead atoms. The number of carbonyl (C=O) groups excluding carboxylic acids is 3. The van der Waals surface area contributed by atoms with Crippen LogP contribution in [0.4, 0.5) is 4.79 Å². The average Bonchev–Trinajstić information content (AvgIpc) is 3.02. The van der Waals surface area contributed by atoms with E-state index in [1.54, 1.807) is 26.8 Å². The van der Waals surface area contributed by atoms with E-state index in [9.17, 15) is 14.4 Å². The fourth-order valence-electron chi connectivity index (χ4n) is 2.78. The number of Topliss-reactive ketones (excluding diaryl/α,β-unsaturated/α-hetero) is 1. The summed E-state index contributed by atoms with van der Waals surface area (Å²) < 4.78 is 10.1. The van der Waals surface area contributed by atoms with Gasteiger partial charge in [-0.2, -0.15) is 0 Å². The topological polar surface area (TPSA) is 81.7 Å². The minimum atomic E-state index is -0.555. The van der Waals surface area contributed by atoms with Crippen LogP contribution in [0.1, 0.15) is 61.5 Å². The summed E-state index contributed by atoms with van der Waals surface area (Å²) in [5.74, 6) is -0.648. The van der Waals surface area contributed by atoms with Gasteiger partial charge in [-0.05, 0) is 63.6 Å². The zero-order valence-electron chi connectivity index (χ0n) is 15.7. The first-order chi connectivity index (χ1) is 12.2. The molecule has 0 fully saturated rings. The van der Waals surface area contributed by atoms with Gasteiger partial charge < -0.3 is 14.8 Å². The number of alkyl carbamates (subject to hydrolysis) is 1. The van der Waals surface area contributed by atoms with Crippen molar-refractivity contribution in [3.8, 4) is 0 Å². The molecule has 142 valence electrons. The van der Waals surface area contributed by atoms with Crippen LogP contribution in [0.25, 0.3) is 0 Å². The van der Waals surface area contributed by atoms with E-state index < -0.39 is 17.7 Å². The van der Waals surface area contributed by atoms with Gasteiger partial charge in [-0.1, -0.05) is 12.1 Å². The summed E-state index contributed by atoms with van der Waals surface area (Å²) in [5.41, 5.74) is 2.55. The maximum absolute atomic E-state index is 12.2. The molecule has 1 aromatic rings. The van der Waals surface area contributed by atoms with Crippen molar-refractivity contribution in [2.75, 3.05) is 13.2 Å². The Morgan fingerprint density at radius 1 is 1.12 bits per heavy atom. The molecule has 0 heterocycles. The summed E-state index contributed by atoms with van der Waals surface area (Å²) in [5, 5.41) is 2.57. The maximum Gasteiger partial charge on any atom is 0.407 e. The summed E-state index contributed by atoms with van der Waals surface area (Å²) in [4.78, 5) is 35.3. The first-order valence-corrected chi connectivity index (χ1v) is 9.02. The predicted octanol–water partition coefficient (Wildman–Crippen LogP) is 3.21. The van der Waals surface area contributed by atoms with Crippen molar-refractivity contribution in [1.29, 1.82) is 0 Å². The van der Waals surface area contributed by atoms with Crippen LogP contribution in [0.3, 0.4) is 0 Å². The summed E-state index contributed by atoms with van der Waals surface area (Å²) in [6.45, 7) is 5.39. The number of ketones is 1. The van der Waals surface area contributed by atoms with Crippen molar-refractivity contribution < 1.29 is 23.9 Å². The fourth-order valence-corrected chi connectivity index (χ4v) is 2.78. The summed E-state index contributed by atoms with van der Waals surface area (Å²) >= 11 is 0. The number of esters is 1. The molecule has 0 atom stereocenters. The number of fused-ring (bicyclic) bond motifs is 1. The number of benzene rings is 1. The quantitative estimate of drug-likeness (QED) is 0.458. The highest BCUT2D eigenvalue weighted by Gasteiger charge is 2.17. The first-order valence-electron chi connectivity index (χ1n) is 9.02. The Balaban J connectivity index is 1.64. The molecule has 2 rings (SSSR count). The molecule has 0 saturated carbocycles. The van der Waals surface area contributed by atoms with E-state index in [0.29, 0.717) is 18.5 Å². The largest absolute Gasteiger partial charge is 0.457 e. The van der Waals surface area contributed by atoms with E-state index in [1.165, 1.54) is 11.1 Å². The standard InChI is InChI=1S/C20H27NO5/c1-20(2,3)26-19(24)21-11-5-8-18(23)25-13-17(22)16-10-9-14-6-4-7-15(14)12-16/h9-10,12H,4-8,11,13H2,1-3H3,(H,21,24). The number of aryl methyl sites for hydroxylation is 2. The van der Waals surface area contributed by atoms with Gasteiger partial charge in [0.2, 0.25) is 0 Å². The SMILES string of the molecule is CC(C)(C)OC(=O)NCCCC(=O)OCC(=O)c1ccc2c(c1)CCC2. The molecule has 0 unspecified atom stereocenters. The molecule has 0 aromatic heterocycles. The highest BCUT2D eigenvalue weighted by molar-refractivity contribution is 5.98. The molecular weight excluding hydrogens is 334 g/mol. The summed E-state index contributed by atoms with van der Waals surface area (Å²) in [6, 6.07) is 5.69. The van der Waals surface area contributed by atoms with Crippen molar-refractivity contribution >= 4 is 17.8 Å². The van der Waals surface area contributed by atoms with E-state index >= 15 is 0 Å². The number of ether oxygens (including phenoxy) is 2. The van der Waals surface area contributed by atoms with Gasteiger partial charge in [-0.25, -0.2) is 4.79 Å². The molecule has 1 amide bonds. The number of rotatable bonds is 7. The molecular formula is C20H27NO5. The van der Waals surface area contributed by atoms with Crippen LogP contribution in [-0.2, 0) is 27.1 Å². The normalized spacial score (nSPS) is 13.0. The van der Waals surface area contributed by atoms with Gasteiger partial charge >= 0.3 is 12.1 Å². The van der Waals surface area contributed by atoms with E-state index in [1.807, 2.05) is 12.1 Å². The van der Waals surface area contributed by atoms with E-state index in [-0.39, 0.29) is 18.8 Å². The molecule has 0 aliphatic heterocycles. The van der Waals surface area contributed by atoms with E-state index in [0.717, 1.165) is 19.3 Å². The second-order valence-electron chi connectivity index (χ2n) is 7.45. The maximum atomic E-state index is 12.2. The second-order valence-corrected chi connectivity index (χ2v) is 7.45.